The van der Waals surface area contributed by atoms with Crippen LogP contribution in [0.1, 0.15) is 6.92 Å². The maximum absolute atomic E-state index is 10.7. The summed E-state index contributed by atoms with van der Waals surface area (Å²) in [6.07, 6.45) is -1.67. The van der Waals surface area contributed by atoms with Crippen LogP contribution in [0.5, 0.6) is 0 Å². The van der Waals surface area contributed by atoms with Gasteiger partial charge in [-0.15, -0.1) is 0 Å². The topological polar surface area (TPSA) is 83.8 Å². The molecular formula is C6H10O5S. The maximum atomic E-state index is 10.7. The predicted molar refractivity (Wildman–Crippen MR) is 42.6 cm³/mol. The summed E-state index contributed by atoms with van der Waals surface area (Å²) in [5.74, 6) is -2.01. The van der Waals surface area contributed by atoms with E-state index in [0.717, 1.165) is 0 Å². The average molecular weight is 194 g/mol. The van der Waals surface area contributed by atoms with Crippen LogP contribution in [0, 0.1) is 0 Å². The molecule has 0 aromatic carbocycles. The van der Waals surface area contributed by atoms with E-state index in [1.54, 1.807) is 0 Å². The minimum absolute atomic E-state index is 0.736. The van der Waals surface area contributed by atoms with E-state index in [1.807, 2.05) is 0 Å². The Balaban J connectivity index is 3.93. The van der Waals surface area contributed by atoms with E-state index in [0.29, 0.717) is 0 Å². The quantitative estimate of drug-likeness (QED) is 0.296. The molecule has 12 heavy (non-hydrogen) atoms. The monoisotopic (exact) mass is 194 g/mol. The van der Waals surface area contributed by atoms with Crippen LogP contribution in [0.25, 0.3) is 0 Å². The Morgan fingerprint density at radius 1 is 1.50 bits per heavy atom. The number of esters is 2. The number of hydrogen-bond acceptors (Lipinski definition) is 6. The summed E-state index contributed by atoms with van der Waals surface area (Å²) in [7, 11) is 0. The fourth-order valence-corrected chi connectivity index (χ4v) is 0.380. The molecule has 2 unspecified atom stereocenters. The summed E-state index contributed by atoms with van der Waals surface area (Å²) < 4.78 is 4.10. The van der Waals surface area contributed by atoms with Crippen molar-refractivity contribution in [3.05, 3.63) is 0 Å². The molecule has 0 aliphatic rings. The van der Waals surface area contributed by atoms with Crippen molar-refractivity contribution in [1.82, 2.24) is 0 Å². The number of ether oxygens (including phenoxy) is 1. The fourth-order valence-electron chi connectivity index (χ4n) is 0.327. The van der Waals surface area contributed by atoms with Crippen molar-refractivity contribution in [1.29, 1.82) is 0 Å². The molecule has 0 aromatic rings. The third-order valence-electron chi connectivity index (χ3n) is 0.987. The number of rotatable bonds is 3. The summed E-state index contributed by atoms with van der Waals surface area (Å²) in [5, 5.41) is 16.2. The second kappa shape index (κ2) is 5.13. The number of thiol groups is 1. The number of aliphatic hydroxyl groups excluding tert-OH is 2. The molecule has 0 fully saturated rings. The third kappa shape index (κ3) is 3.70. The molecule has 0 saturated carbocycles. The van der Waals surface area contributed by atoms with Gasteiger partial charge in [-0.2, -0.15) is 12.6 Å². The molecule has 2 N–H and O–H groups in total. The lowest BCUT2D eigenvalue weighted by Crippen LogP contribution is -2.30. The molecule has 0 saturated heterocycles. The van der Waals surface area contributed by atoms with Crippen molar-refractivity contribution < 1.29 is 24.5 Å². The highest BCUT2D eigenvalue weighted by atomic mass is 32.1. The Kier molecular flexibility index (Phi) is 4.87. The fraction of sp³-hybridized carbons (Fsp3) is 0.667. The van der Waals surface area contributed by atoms with Gasteiger partial charge in [0.25, 0.3) is 0 Å². The van der Waals surface area contributed by atoms with Gasteiger partial charge in [-0.25, -0.2) is 4.79 Å². The summed E-state index contributed by atoms with van der Waals surface area (Å²) in [6.45, 7) is 0.650. The van der Waals surface area contributed by atoms with Crippen molar-refractivity contribution in [3.63, 3.8) is 0 Å². The molecule has 0 spiro atoms. The number of carbonyl (C=O) groups is 2. The molecule has 0 radical (unpaired) electrons. The maximum Gasteiger partial charge on any atom is 0.345 e. The standard InChI is InChI=1S/C6H10O5S/c1-3(12)5(9)11-6(10)4(8)2-7/h3-4,7-8,12H,2H2,1H3. The van der Waals surface area contributed by atoms with Crippen molar-refractivity contribution >= 4 is 24.6 Å². The molecule has 0 amide bonds. The molecule has 0 rings (SSSR count). The average Bonchev–Trinajstić information content (AvgIpc) is 2.02. The Hall–Kier alpha value is -0.590. The van der Waals surface area contributed by atoms with Crippen molar-refractivity contribution in [2.75, 3.05) is 6.61 Å². The zero-order chi connectivity index (χ0) is 9.72. The Labute approximate surface area is 74.7 Å². The summed E-state index contributed by atoms with van der Waals surface area (Å²) >= 11 is 3.69. The van der Waals surface area contributed by atoms with Gasteiger partial charge in [-0.1, -0.05) is 0 Å². The molecule has 2 atom stereocenters. The zero-order valence-corrected chi connectivity index (χ0v) is 7.32. The van der Waals surface area contributed by atoms with Crippen LogP contribution in [-0.4, -0.2) is 40.1 Å². The van der Waals surface area contributed by atoms with E-state index in [-0.39, 0.29) is 0 Å². The van der Waals surface area contributed by atoms with E-state index in [4.69, 9.17) is 10.2 Å². The summed E-state index contributed by atoms with van der Waals surface area (Å²) in [5.41, 5.74) is 0. The molecule has 70 valence electrons. The molecule has 0 aliphatic carbocycles. The molecule has 0 heterocycles. The van der Waals surface area contributed by atoms with Gasteiger partial charge in [0.2, 0.25) is 0 Å². The normalized spacial score (nSPS) is 15.0. The summed E-state index contributed by atoms with van der Waals surface area (Å²) in [4.78, 5) is 21.3. The Bertz CT molecular complexity index is 179. The lowest BCUT2D eigenvalue weighted by molar-refractivity contribution is -0.166. The van der Waals surface area contributed by atoms with E-state index in [9.17, 15) is 9.59 Å². The van der Waals surface area contributed by atoms with Gasteiger partial charge < -0.3 is 14.9 Å². The smallest absolute Gasteiger partial charge is 0.345 e. The van der Waals surface area contributed by atoms with Gasteiger partial charge in [0.05, 0.1) is 11.9 Å². The first-order valence-corrected chi connectivity index (χ1v) is 3.73. The minimum Gasteiger partial charge on any atom is -0.393 e. The van der Waals surface area contributed by atoms with E-state index >= 15 is 0 Å². The highest BCUT2D eigenvalue weighted by Crippen LogP contribution is 1.98. The molecular weight excluding hydrogens is 184 g/mol. The first kappa shape index (κ1) is 11.4. The second-order valence-electron chi connectivity index (χ2n) is 2.11. The molecule has 5 nitrogen and oxygen atoms in total. The van der Waals surface area contributed by atoms with Gasteiger partial charge in [0.1, 0.15) is 0 Å². The van der Waals surface area contributed by atoms with E-state index in [1.165, 1.54) is 6.92 Å². The first-order chi connectivity index (χ1) is 5.49. The lowest BCUT2D eigenvalue weighted by atomic mass is 10.4. The van der Waals surface area contributed by atoms with Crippen LogP contribution in [0.4, 0.5) is 0 Å². The van der Waals surface area contributed by atoms with Crippen LogP contribution in [-0.2, 0) is 14.3 Å². The van der Waals surface area contributed by atoms with E-state index in [2.05, 4.69) is 17.4 Å². The highest BCUT2D eigenvalue weighted by Gasteiger charge is 2.20. The summed E-state index contributed by atoms with van der Waals surface area (Å²) in [6, 6.07) is 0. The van der Waals surface area contributed by atoms with Gasteiger partial charge in [0.15, 0.2) is 6.10 Å². The largest absolute Gasteiger partial charge is 0.393 e. The van der Waals surface area contributed by atoms with Crippen molar-refractivity contribution in [2.45, 2.75) is 18.3 Å². The van der Waals surface area contributed by atoms with Gasteiger partial charge >= 0.3 is 11.9 Å². The minimum atomic E-state index is -1.67. The Morgan fingerprint density at radius 3 is 2.33 bits per heavy atom. The first-order valence-electron chi connectivity index (χ1n) is 3.21. The molecule has 0 aromatic heterocycles. The number of aliphatic hydroxyl groups is 2. The third-order valence-corrected chi connectivity index (χ3v) is 1.20. The molecule has 0 bridgehead atoms. The van der Waals surface area contributed by atoms with Gasteiger partial charge in [0, 0.05) is 0 Å². The second-order valence-corrected chi connectivity index (χ2v) is 2.89. The van der Waals surface area contributed by atoms with Gasteiger partial charge in [-0.3, -0.25) is 4.79 Å². The molecule has 6 heteroatoms. The van der Waals surface area contributed by atoms with Crippen molar-refractivity contribution in [2.24, 2.45) is 0 Å². The highest BCUT2D eigenvalue weighted by molar-refractivity contribution is 7.81. The van der Waals surface area contributed by atoms with Crippen LogP contribution >= 0.6 is 12.6 Å². The zero-order valence-electron chi connectivity index (χ0n) is 6.43. The number of hydrogen-bond donors (Lipinski definition) is 3. The number of carbonyl (C=O) groups excluding carboxylic acids is 2. The van der Waals surface area contributed by atoms with Crippen LogP contribution in [0.3, 0.4) is 0 Å². The van der Waals surface area contributed by atoms with E-state index < -0.39 is 29.9 Å². The van der Waals surface area contributed by atoms with Crippen LogP contribution in [0.2, 0.25) is 0 Å². The van der Waals surface area contributed by atoms with Crippen molar-refractivity contribution in [3.8, 4) is 0 Å². The van der Waals surface area contributed by atoms with Crippen LogP contribution in [0.15, 0.2) is 0 Å². The predicted octanol–water partition coefficient (Wildman–Crippen LogP) is -1.27. The molecule has 0 aliphatic heterocycles. The SMILES string of the molecule is CC(S)C(=O)OC(=O)C(O)CO. The Morgan fingerprint density at radius 2 is 2.00 bits per heavy atom. The lowest BCUT2D eigenvalue weighted by Gasteiger charge is -2.07. The van der Waals surface area contributed by atoms with Crippen LogP contribution < -0.4 is 0 Å². The van der Waals surface area contributed by atoms with Gasteiger partial charge in [-0.05, 0) is 6.92 Å².